The molecule has 0 amide bonds. The number of rotatable bonds is 2. The Morgan fingerprint density at radius 2 is 2.11 bits per heavy atom. The summed E-state index contributed by atoms with van der Waals surface area (Å²) in [4.78, 5) is 15.1. The van der Waals surface area contributed by atoms with E-state index in [1.54, 1.807) is 23.0 Å². The van der Waals surface area contributed by atoms with Crippen molar-refractivity contribution in [1.29, 1.82) is 0 Å². The summed E-state index contributed by atoms with van der Waals surface area (Å²) in [5.74, 6) is 0. The quantitative estimate of drug-likeness (QED) is 0.625. The number of fused-ring (bicyclic) bond motifs is 1. The maximum absolute atomic E-state index is 11.2. The Hall–Kier alpha value is -1.88. The predicted molar refractivity (Wildman–Crippen MR) is 71.9 cm³/mol. The van der Waals surface area contributed by atoms with Crippen molar-refractivity contribution < 1.29 is 4.92 Å². The van der Waals surface area contributed by atoms with Crippen LogP contribution in [0.15, 0.2) is 24.5 Å². The first-order valence-electron chi connectivity index (χ1n) is 6.17. The van der Waals surface area contributed by atoms with Gasteiger partial charge in [-0.25, -0.2) is 4.98 Å². The number of hydrogen-bond acceptors (Lipinski definition) is 3. The highest BCUT2D eigenvalue weighted by Gasteiger charge is 2.23. The van der Waals surface area contributed by atoms with E-state index in [0.717, 1.165) is 37.1 Å². The molecule has 2 aromatic rings. The molecule has 0 aliphatic heterocycles. The molecule has 6 heteroatoms. The van der Waals surface area contributed by atoms with E-state index < -0.39 is 4.92 Å². The van der Waals surface area contributed by atoms with Gasteiger partial charge in [0.25, 0.3) is 0 Å². The number of para-hydroxylation sites is 1. The molecule has 0 N–H and O–H groups in total. The van der Waals surface area contributed by atoms with Crippen LogP contribution in [-0.2, 0) is 12.8 Å². The first-order valence-corrected chi connectivity index (χ1v) is 6.54. The Morgan fingerprint density at radius 1 is 1.32 bits per heavy atom. The standard InChI is InChI=1S/C13H12ClN3O2/c14-9-4-3-7-12(13(9)17(18)19)16-8-15-10-5-1-2-6-11(10)16/h3-4,7-8H,1-2,5-6H2. The van der Waals surface area contributed by atoms with Crippen molar-refractivity contribution in [2.24, 2.45) is 0 Å². The van der Waals surface area contributed by atoms with Crippen LogP contribution in [-0.4, -0.2) is 14.5 Å². The highest BCUT2D eigenvalue weighted by molar-refractivity contribution is 6.33. The lowest BCUT2D eigenvalue weighted by molar-refractivity contribution is -0.384. The van der Waals surface area contributed by atoms with E-state index in [9.17, 15) is 10.1 Å². The number of aromatic nitrogens is 2. The molecular weight excluding hydrogens is 266 g/mol. The van der Waals surface area contributed by atoms with Gasteiger partial charge in [-0.05, 0) is 37.8 Å². The molecule has 0 unspecified atom stereocenters. The Kier molecular flexibility index (Phi) is 2.98. The van der Waals surface area contributed by atoms with E-state index in [1.165, 1.54) is 6.07 Å². The average Bonchev–Trinajstić information content (AvgIpc) is 2.81. The fourth-order valence-corrected chi connectivity index (χ4v) is 2.79. The Balaban J connectivity index is 2.20. The molecular formula is C13H12ClN3O2. The Labute approximate surface area is 115 Å². The summed E-state index contributed by atoms with van der Waals surface area (Å²) in [7, 11) is 0. The van der Waals surface area contributed by atoms with E-state index in [1.807, 2.05) is 0 Å². The van der Waals surface area contributed by atoms with Gasteiger partial charge in [-0.1, -0.05) is 17.7 Å². The molecule has 3 rings (SSSR count). The number of hydrogen-bond donors (Lipinski definition) is 0. The van der Waals surface area contributed by atoms with Crippen LogP contribution in [0, 0.1) is 10.1 Å². The largest absolute Gasteiger partial charge is 0.311 e. The third kappa shape index (κ3) is 2.00. The van der Waals surface area contributed by atoms with Crippen molar-refractivity contribution in [1.82, 2.24) is 9.55 Å². The molecule has 1 heterocycles. The molecule has 1 aromatic carbocycles. The zero-order valence-corrected chi connectivity index (χ0v) is 10.9. The van der Waals surface area contributed by atoms with Gasteiger partial charge in [-0.15, -0.1) is 0 Å². The van der Waals surface area contributed by atoms with E-state index in [0.29, 0.717) is 5.69 Å². The first-order chi connectivity index (χ1) is 9.18. The minimum absolute atomic E-state index is 0.0602. The van der Waals surface area contributed by atoms with Crippen molar-refractivity contribution in [3.63, 3.8) is 0 Å². The van der Waals surface area contributed by atoms with Gasteiger partial charge in [0.15, 0.2) is 0 Å². The molecule has 0 saturated heterocycles. The second-order valence-electron chi connectivity index (χ2n) is 4.58. The minimum atomic E-state index is -0.438. The zero-order chi connectivity index (χ0) is 13.4. The fraction of sp³-hybridized carbons (Fsp3) is 0.308. The molecule has 98 valence electrons. The van der Waals surface area contributed by atoms with Crippen LogP contribution in [0.5, 0.6) is 0 Å². The van der Waals surface area contributed by atoms with Gasteiger partial charge in [0.1, 0.15) is 10.7 Å². The molecule has 0 radical (unpaired) electrons. The number of nitro benzene ring substituents is 1. The molecule has 1 aromatic heterocycles. The average molecular weight is 278 g/mol. The van der Waals surface area contributed by atoms with Crippen LogP contribution in [0.3, 0.4) is 0 Å². The SMILES string of the molecule is O=[N+]([O-])c1c(Cl)cccc1-n1cnc2c1CCCC2. The van der Waals surface area contributed by atoms with Crippen LogP contribution >= 0.6 is 11.6 Å². The lowest BCUT2D eigenvalue weighted by atomic mass is 10.0. The van der Waals surface area contributed by atoms with Crippen molar-refractivity contribution in [2.45, 2.75) is 25.7 Å². The first kappa shape index (κ1) is 12.2. The maximum atomic E-state index is 11.2. The summed E-state index contributed by atoms with van der Waals surface area (Å²) >= 11 is 5.95. The van der Waals surface area contributed by atoms with Crippen molar-refractivity contribution in [2.75, 3.05) is 0 Å². The Bertz CT molecular complexity index is 651. The van der Waals surface area contributed by atoms with Crippen molar-refractivity contribution >= 4 is 17.3 Å². The monoisotopic (exact) mass is 277 g/mol. The zero-order valence-electron chi connectivity index (χ0n) is 10.2. The highest BCUT2D eigenvalue weighted by atomic mass is 35.5. The highest BCUT2D eigenvalue weighted by Crippen LogP contribution is 2.33. The summed E-state index contributed by atoms with van der Waals surface area (Å²) in [5, 5.41) is 11.3. The van der Waals surface area contributed by atoms with E-state index >= 15 is 0 Å². The van der Waals surface area contributed by atoms with Gasteiger partial charge >= 0.3 is 5.69 Å². The summed E-state index contributed by atoms with van der Waals surface area (Å²) < 4.78 is 1.80. The summed E-state index contributed by atoms with van der Waals surface area (Å²) in [6.45, 7) is 0. The van der Waals surface area contributed by atoms with Gasteiger partial charge < -0.3 is 0 Å². The number of halogens is 1. The molecule has 0 saturated carbocycles. The maximum Gasteiger partial charge on any atom is 0.311 e. The van der Waals surface area contributed by atoms with Gasteiger partial charge in [0.2, 0.25) is 0 Å². The van der Waals surface area contributed by atoms with E-state index in [4.69, 9.17) is 11.6 Å². The van der Waals surface area contributed by atoms with E-state index in [-0.39, 0.29) is 10.7 Å². The van der Waals surface area contributed by atoms with E-state index in [2.05, 4.69) is 4.98 Å². The van der Waals surface area contributed by atoms with Gasteiger partial charge in [0.05, 0.1) is 16.9 Å². The summed E-state index contributed by atoms with van der Waals surface area (Å²) in [6, 6.07) is 4.97. The van der Waals surface area contributed by atoms with Gasteiger partial charge in [0, 0.05) is 5.69 Å². The summed E-state index contributed by atoms with van der Waals surface area (Å²) in [6.07, 6.45) is 5.72. The summed E-state index contributed by atoms with van der Waals surface area (Å²) in [5.41, 5.74) is 2.54. The number of nitrogens with zero attached hydrogens (tertiary/aromatic N) is 3. The molecule has 0 atom stereocenters. The van der Waals surface area contributed by atoms with Crippen molar-refractivity contribution in [3.05, 3.63) is 51.1 Å². The Morgan fingerprint density at radius 3 is 2.89 bits per heavy atom. The third-order valence-electron chi connectivity index (χ3n) is 3.44. The number of nitro groups is 1. The van der Waals surface area contributed by atoms with Crippen LogP contribution in [0.4, 0.5) is 5.69 Å². The van der Waals surface area contributed by atoms with Crippen LogP contribution in [0.2, 0.25) is 5.02 Å². The molecule has 19 heavy (non-hydrogen) atoms. The van der Waals surface area contributed by atoms with Crippen molar-refractivity contribution in [3.8, 4) is 5.69 Å². The molecule has 0 bridgehead atoms. The minimum Gasteiger partial charge on any atom is -0.297 e. The number of benzene rings is 1. The molecule has 0 fully saturated rings. The molecule has 5 nitrogen and oxygen atoms in total. The van der Waals surface area contributed by atoms with Crippen LogP contribution < -0.4 is 0 Å². The molecule has 1 aliphatic carbocycles. The van der Waals surface area contributed by atoms with Crippen LogP contribution in [0.25, 0.3) is 5.69 Å². The smallest absolute Gasteiger partial charge is 0.297 e. The fourth-order valence-electron chi connectivity index (χ4n) is 2.56. The third-order valence-corrected chi connectivity index (χ3v) is 3.74. The van der Waals surface area contributed by atoms with Gasteiger partial charge in [-0.3, -0.25) is 14.7 Å². The van der Waals surface area contributed by atoms with Gasteiger partial charge in [-0.2, -0.15) is 0 Å². The number of aryl methyl sites for hydroxylation is 1. The predicted octanol–water partition coefficient (Wildman–Crippen LogP) is 3.31. The molecule has 0 spiro atoms. The lowest BCUT2D eigenvalue weighted by Crippen LogP contribution is -2.08. The second-order valence-corrected chi connectivity index (χ2v) is 4.99. The topological polar surface area (TPSA) is 61.0 Å². The lowest BCUT2D eigenvalue weighted by Gasteiger charge is -2.14. The second kappa shape index (κ2) is 4.66. The van der Waals surface area contributed by atoms with Crippen LogP contribution in [0.1, 0.15) is 24.2 Å². The number of imidazole rings is 1. The molecule has 1 aliphatic rings. The normalized spacial score (nSPS) is 14.2.